The Labute approximate surface area is 137 Å². The van der Waals surface area contributed by atoms with Crippen LogP contribution in [0.3, 0.4) is 0 Å². The number of hydrogen-bond donors (Lipinski definition) is 0. The van der Waals surface area contributed by atoms with Gasteiger partial charge in [-0.25, -0.2) is 9.78 Å². The molecular formula is C18H14N4O2. The van der Waals surface area contributed by atoms with E-state index in [9.17, 15) is 9.59 Å². The minimum atomic E-state index is -0.592. The Bertz CT molecular complexity index is 1160. The van der Waals surface area contributed by atoms with E-state index in [-0.39, 0.29) is 11.5 Å². The molecule has 2 aliphatic heterocycles. The predicted molar refractivity (Wildman–Crippen MR) is 91.7 cm³/mol. The Morgan fingerprint density at radius 2 is 1.62 bits per heavy atom. The summed E-state index contributed by atoms with van der Waals surface area (Å²) >= 11 is 0. The number of benzene rings is 2. The molecule has 0 saturated heterocycles. The van der Waals surface area contributed by atoms with Crippen molar-refractivity contribution in [1.82, 2.24) is 19.1 Å². The van der Waals surface area contributed by atoms with E-state index in [0.29, 0.717) is 5.52 Å². The molecule has 2 aromatic carbocycles. The van der Waals surface area contributed by atoms with Crippen molar-refractivity contribution in [3.8, 4) is 17.2 Å². The monoisotopic (exact) mass is 318 g/mol. The molecule has 2 heterocycles. The van der Waals surface area contributed by atoms with Crippen LogP contribution in [0.15, 0.2) is 58.1 Å². The Hall–Kier alpha value is -3.28. The Morgan fingerprint density at radius 3 is 2.38 bits per heavy atom. The average Bonchev–Trinajstić information content (AvgIpc) is 2.59. The van der Waals surface area contributed by atoms with Crippen LogP contribution in [0, 0.1) is 6.92 Å². The van der Waals surface area contributed by atoms with E-state index in [2.05, 4.69) is 9.97 Å². The topological polar surface area (TPSA) is 69.8 Å². The summed E-state index contributed by atoms with van der Waals surface area (Å²) in [4.78, 5) is 33.0. The smallest absolute Gasteiger partial charge is 0.291 e. The summed E-state index contributed by atoms with van der Waals surface area (Å²) in [6.45, 7) is 2.00. The number of nitrogens with zero attached hydrogens (tertiary/aromatic N) is 4. The van der Waals surface area contributed by atoms with Crippen molar-refractivity contribution in [2.75, 3.05) is 0 Å². The van der Waals surface area contributed by atoms with Gasteiger partial charge in [0.25, 0.3) is 5.56 Å². The van der Waals surface area contributed by atoms with Gasteiger partial charge in [-0.3, -0.25) is 13.9 Å². The molecule has 6 nitrogen and oxygen atoms in total. The maximum Gasteiger partial charge on any atom is 0.352 e. The zero-order chi connectivity index (χ0) is 16.8. The van der Waals surface area contributed by atoms with Gasteiger partial charge in [-0.2, -0.15) is 4.98 Å². The molecule has 2 aromatic rings. The molecule has 0 amide bonds. The standard InChI is InChI=1S/C18H14N4O2/c1-11-7-9-12(10-8-11)22-14-6-4-3-5-13(14)19-15-16(22)20-18(24)21(2)17(15)23/h3-10H,1-2H3. The normalized spacial score (nSPS) is 11.2. The second-order valence-corrected chi connectivity index (χ2v) is 5.70. The van der Waals surface area contributed by atoms with Gasteiger partial charge < -0.3 is 0 Å². The van der Waals surface area contributed by atoms with Gasteiger partial charge in [0.05, 0.1) is 11.0 Å². The molecule has 2 aliphatic rings. The Morgan fingerprint density at radius 1 is 0.917 bits per heavy atom. The summed E-state index contributed by atoms with van der Waals surface area (Å²) in [6, 6.07) is 15.3. The van der Waals surface area contributed by atoms with Crippen molar-refractivity contribution in [3.63, 3.8) is 0 Å². The first-order chi connectivity index (χ1) is 11.6. The van der Waals surface area contributed by atoms with Gasteiger partial charge in [-0.05, 0) is 31.2 Å². The molecule has 0 N–H and O–H groups in total. The van der Waals surface area contributed by atoms with E-state index in [1.165, 1.54) is 7.05 Å². The summed E-state index contributed by atoms with van der Waals surface area (Å²) in [5, 5.41) is 0. The fourth-order valence-corrected chi connectivity index (χ4v) is 2.75. The fourth-order valence-electron chi connectivity index (χ4n) is 2.75. The lowest BCUT2D eigenvalue weighted by Gasteiger charge is -2.17. The molecule has 0 atom stereocenters. The lowest BCUT2D eigenvalue weighted by atomic mass is 10.2. The number of aryl methyl sites for hydroxylation is 1. The Balaban J connectivity index is 2.25. The Kier molecular flexibility index (Phi) is 3.06. The van der Waals surface area contributed by atoms with Gasteiger partial charge in [0, 0.05) is 12.7 Å². The van der Waals surface area contributed by atoms with Crippen molar-refractivity contribution in [1.29, 1.82) is 0 Å². The number of hydrogen-bond acceptors (Lipinski definition) is 4. The first-order valence-corrected chi connectivity index (χ1v) is 7.52. The van der Waals surface area contributed by atoms with Crippen LogP contribution >= 0.6 is 0 Å². The minimum absolute atomic E-state index is 0.177. The predicted octanol–water partition coefficient (Wildman–Crippen LogP) is 1.89. The summed E-state index contributed by atoms with van der Waals surface area (Å²) < 4.78 is 2.78. The van der Waals surface area contributed by atoms with Crippen LogP contribution in [-0.2, 0) is 7.05 Å². The van der Waals surface area contributed by atoms with Crippen LogP contribution in [0.25, 0.3) is 28.2 Å². The molecule has 0 aliphatic carbocycles. The van der Waals surface area contributed by atoms with Crippen molar-refractivity contribution >= 4 is 11.0 Å². The fraction of sp³-hybridized carbons (Fsp3) is 0.111. The molecule has 0 saturated carbocycles. The van der Waals surface area contributed by atoms with Crippen LogP contribution in [-0.4, -0.2) is 19.1 Å². The molecule has 0 bridgehead atoms. The molecule has 0 radical (unpaired) electrons. The first kappa shape index (κ1) is 14.3. The van der Waals surface area contributed by atoms with Crippen molar-refractivity contribution in [3.05, 3.63) is 74.9 Å². The molecule has 24 heavy (non-hydrogen) atoms. The summed E-state index contributed by atoms with van der Waals surface area (Å²) in [5.74, 6) is 0.269. The third-order valence-electron chi connectivity index (χ3n) is 4.07. The SMILES string of the molecule is Cc1ccc(-n2c3nc(=O)n(C)c(=O)c-3nc3ccccc32)cc1. The van der Waals surface area contributed by atoms with Crippen LogP contribution in [0.2, 0.25) is 0 Å². The lowest BCUT2D eigenvalue weighted by Crippen LogP contribution is -2.36. The van der Waals surface area contributed by atoms with Gasteiger partial charge in [0.15, 0.2) is 11.5 Å². The second-order valence-electron chi connectivity index (χ2n) is 5.70. The maximum atomic E-state index is 12.5. The molecule has 4 rings (SSSR count). The second kappa shape index (κ2) is 5.13. The van der Waals surface area contributed by atoms with E-state index in [4.69, 9.17) is 0 Å². The minimum Gasteiger partial charge on any atom is -0.291 e. The van der Waals surface area contributed by atoms with Crippen LogP contribution in [0.4, 0.5) is 0 Å². The molecular weight excluding hydrogens is 304 g/mol. The molecule has 118 valence electrons. The van der Waals surface area contributed by atoms with E-state index in [1.54, 1.807) is 4.57 Å². The number of para-hydroxylation sites is 2. The van der Waals surface area contributed by atoms with Crippen molar-refractivity contribution in [2.24, 2.45) is 7.05 Å². The third-order valence-corrected chi connectivity index (χ3v) is 4.07. The summed E-state index contributed by atoms with van der Waals surface area (Å²) in [6.07, 6.45) is 0. The number of rotatable bonds is 1. The van der Waals surface area contributed by atoms with Crippen molar-refractivity contribution < 1.29 is 0 Å². The zero-order valence-corrected chi connectivity index (χ0v) is 13.2. The third kappa shape index (κ3) is 2.04. The van der Waals surface area contributed by atoms with Gasteiger partial charge in [-0.15, -0.1) is 0 Å². The zero-order valence-electron chi connectivity index (χ0n) is 13.2. The highest BCUT2D eigenvalue weighted by Gasteiger charge is 2.20. The molecule has 0 fully saturated rings. The summed E-state index contributed by atoms with van der Waals surface area (Å²) in [7, 11) is 1.41. The van der Waals surface area contributed by atoms with E-state index in [1.807, 2.05) is 55.5 Å². The van der Waals surface area contributed by atoms with E-state index in [0.717, 1.165) is 21.3 Å². The molecule has 0 aromatic heterocycles. The van der Waals surface area contributed by atoms with Crippen LogP contribution < -0.4 is 11.2 Å². The highest BCUT2D eigenvalue weighted by molar-refractivity contribution is 5.81. The van der Waals surface area contributed by atoms with E-state index < -0.39 is 11.2 Å². The quantitative estimate of drug-likeness (QED) is 0.503. The van der Waals surface area contributed by atoms with Gasteiger partial charge in [0.2, 0.25) is 0 Å². The highest BCUT2D eigenvalue weighted by atomic mass is 16.2. The molecule has 0 unspecified atom stereocenters. The van der Waals surface area contributed by atoms with E-state index >= 15 is 0 Å². The van der Waals surface area contributed by atoms with Gasteiger partial charge >= 0.3 is 5.69 Å². The first-order valence-electron chi connectivity index (χ1n) is 7.52. The van der Waals surface area contributed by atoms with Crippen LogP contribution in [0.5, 0.6) is 0 Å². The number of aromatic nitrogens is 4. The van der Waals surface area contributed by atoms with Gasteiger partial charge in [-0.1, -0.05) is 29.8 Å². The van der Waals surface area contributed by atoms with Gasteiger partial charge in [0.1, 0.15) is 0 Å². The number of fused-ring (bicyclic) bond motifs is 2. The van der Waals surface area contributed by atoms with Crippen LogP contribution in [0.1, 0.15) is 5.56 Å². The van der Waals surface area contributed by atoms with Crippen molar-refractivity contribution in [2.45, 2.75) is 6.92 Å². The lowest BCUT2D eigenvalue weighted by molar-refractivity contribution is 0.759. The summed E-state index contributed by atoms with van der Waals surface area (Å²) in [5.41, 5.74) is 2.54. The molecule has 0 spiro atoms. The highest BCUT2D eigenvalue weighted by Crippen LogP contribution is 2.25. The maximum absolute atomic E-state index is 12.5. The molecule has 6 heteroatoms. The average molecular weight is 318 g/mol. The largest absolute Gasteiger partial charge is 0.352 e.